The van der Waals surface area contributed by atoms with Crippen LogP contribution < -0.4 is 4.72 Å². The van der Waals surface area contributed by atoms with Gasteiger partial charge in [-0.3, -0.25) is 4.79 Å². The molecule has 1 amide bonds. The number of piperidine rings is 1. The second-order valence-electron chi connectivity index (χ2n) is 6.41. The average molecular weight is 459 g/mol. The molecule has 0 saturated carbocycles. The van der Waals surface area contributed by atoms with Gasteiger partial charge in [-0.1, -0.05) is 29.8 Å². The summed E-state index contributed by atoms with van der Waals surface area (Å²) in [5.74, 6) is -0.302. The van der Waals surface area contributed by atoms with Crippen LogP contribution in [-0.4, -0.2) is 38.4 Å². The molecule has 11 heteroatoms. The van der Waals surface area contributed by atoms with E-state index in [1.807, 2.05) is 0 Å². The molecule has 1 N–H and O–H groups in total. The SMILES string of the molecule is C=CS(=O)(=O)NC1CCN(C(=O)CCc2cc(Cl)c(Cl)cc2C(F)(F)F)CC1. The fourth-order valence-corrected chi connectivity index (χ4v) is 4.13. The summed E-state index contributed by atoms with van der Waals surface area (Å²) >= 11 is 11.5. The van der Waals surface area contributed by atoms with Crippen molar-refractivity contribution < 1.29 is 26.4 Å². The quantitative estimate of drug-likeness (QED) is 0.700. The van der Waals surface area contributed by atoms with Gasteiger partial charge in [0.05, 0.1) is 15.6 Å². The number of likely N-dealkylation sites (tertiary alicyclic amines) is 1. The predicted octanol–water partition coefficient (Wildman–Crippen LogP) is 4.00. The van der Waals surface area contributed by atoms with Gasteiger partial charge in [0, 0.05) is 31.0 Å². The number of halogens is 5. The van der Waals surface area contributed by atoms with Gasteiger partial charge < -0.3 is 4.90 Å². The maximum atomic E-state index is 13.2. The minimum atomic E-state index is -4.60. The lowest BCUT2D eigenvalue weighted by Gasteiger charge is -2.32. The summed E-state index contributed by atoms with van der Waals surface area (Å²) in [6.45, 7) is 3.85. The molecule has 0 radical (unpaired) electrons. The Balaban J connectivity index is 1.97. The number of aryl methyl sites for hydroxylation is 1. The summed E-state index contributed by atoms with van der Waals surface area (Å²) in [5.41, 5.74) is -1.00. The Kier molecular flexibility index (Phi) is 7.41. The van der Waals surface area contributed by atoms with E-state index in [4.69, 9.17) is 23.2 Å². The van der Waals surface area contributed by atoms with E-state index < -0.39 is 21.8 Å². The maximum absolute atomic E-state index is 13.2. The van der Waals surface area contributed by atoms with Crippen LogP contribution in [0.2, 0.25) is 10.0 Å². The highest BCUT2D eigenvalue weighted by Crippen LogP contribution is 2.37. The molecule has 5 nitrogen and oxygen atoms in total. The first-order valence-corrected chi connectivity index (χ1v) is 10.7. The van der Waals surface area contributed by atoms with E-state index in [1.54, 1.807) is 0 Å². The minimum absolute atomic E-state index is 0.00701. The number of amides is 1. The molecule has 0 unspecified atom stereocenters. The second kappa shape index (κ2) is 9.02. The summed E-state index contributed by atoms with van der Waals surface area (Å²) in [4.78, 5) is 13.9. The van der Waals surface area contributed by atoms with Gasteiger partial charge in [-0.25, -0.2) is 13.1 Å². The van der Waals surface area contributed by atoms with Gasteiger partial charge in [-0.15, -0.1) is 0 Å². The zero-order valence-electron chi connectivity index (χ0n) is 14.7. The zero-order chi connectivity index (χ0) is 21.1. The Morgan fingerprint density at radius 3 is 2.36 bits per heavy atom. The number of nitrogens with one attached hydrogen (secondary N) is 1. The van der Waals surface area contributed by atoms with Crippen molar-refractivity contribution in [2.75, 3.05) is 13.1 Å². The van der Waals surface area contributed by atoms with E-state index in [2.05, 4.69) is 11.3 Å². The predicted molar refractivity (Wildman–Crippen MR) is 102 cm³/mol. The fraction of sp³-hybridized carbons (Fsp3) is 0.471. The third kappa shape index (κ3) is 6.10. The van der Waals surface area contributed by atoms with E-state index in [9.17, 15) is 26.4 Å². The highest BCUT2D eigenvalue weighted by molar-refractivity contribution is 7.92. The lowest BCUT2D eigenvalue weighted by molar-refractivity contribution is -0.139. The number of benzene rings is 1. The average Bonchev–Trinajstić information content (AvgIpc) is 2.61. The van der Waals surface area contributed by atoms with Crippen molar-refractivity contribution in [1.29, 1.82) is 0 Å². The molecule has 1 aromatic rings. The summed E-state index contributed by atoms with van der Waals surface area (Å²) in [6.07, 6.45) is -4.02. The van der Waals surface area contributed by atoms with Crippen LogP contribution >= 0.6 is 23.2 Å². The van der Waals surface area contributed by atoms with Gasteiger partial charge in [0.2, 0.25) is 15.9 Å². The van der Waals surface area contributed by atoms with E-state index in [0.29, 0.717) is 25.9 Å². The van der Waals surface area contributed by atoms with Crippen LogP contribution in [0.4, 0.5) is 13.2 Å². The molecule has 1 aliphatic rings. The third-order valence-electron chi connectivity index (χ3n) is 4.46. The largest absolute Gasteiger partial charge is 0.416 e. The number of hydrogen-bond donors (Lipinski definition) is 1. The number of rotatable bonds is 6. The van der Waals surface area contributed by atoms with Crippen LogP contribution in [0.3, 0.4) is 0 Å². The summed E-state index contributed by atoms with van der Waals surface area (Å²) in [5, 5.41) is 0.612. The van der Waals surface area contributed by atoms with E-state index >= 15 is 0 Å². The van der Waals surface area contributed by atoms with Crippen LogP contribution in [0.1, 0.15) is 30.4 Å². The minimum Gasteiger partial charge on any atom is -0.343 e. The molecule has 1 aliphatic heterocycles. The van der Waals surface area contributed by atoms with E-state index in [0.717, 1.165) is 17.5 Å². The molecule has 0 spiro atoms. The highest BCUT2D eigenvalue weighted by atomic mass is 35.5. The molecular weight excluding hydrogens is 440 g/mol. The van der Waals surface area contributed by atoms with Crippen LogP contribution in [0.5, 0.6) is 0 Å². The van der Waals surface area contributed by atoms with Gasteiger partial charge in [-0.05, 0) is 37.0 Å². The molecule has 1 aromatic carbocycles. The van der Waals surface area contributed by atoms with Crippen molar-refractivity contribution in [1.82, 2.24) is 9.62 Å². The van der Waals surface area contributed by atoms with Gasteiger partial charge in [-0.2, -0.15) is 13.2 Å². The Morgan fingerprint density at radius 1 is 1.25 bits per heavy atom. The summed E-state index contributed by atoms with van der Waals surface area (Å²) < 4.78 is 65.0. The first-order chi connectivity index (χ1) is 12.9. The lowest BCUT2D eigenvalue weighted by Crippen LogP contribution is -2.46. The monoisotopic (exact) mass is 458 g/mol. The summed E-state index contributed by atoms with van der Waals surface area (Å²) in [6, 6.07) is 1.59. The molecule has 28 heavy (non-hydrogen) atoms. The van der Waals surface area contributed by atoms with Crippen molar-refractivity contribution in [3.05, 3.63) is 45.3 Å². The molecule has 0 aromatic heterocycles. The van der Waals surface area contributed by atoms with E-state index in [1.165, 1.54) is 4.90 Å². The number of nitrogens with zero attached hydrogens (tertiary/aromatic N) is 1. The van der Waals surface area contributed by atoms with Crippen LogP contribution in [-0.2, 0) is 27.4 Å². The van der Waals surface area contributed by atoms with Crippen LogP contribution in [0.15, 0.2) is 24.1 Å². The standard InChI is InChI=1S/C17H19Cl2F3N2O3S/c1-2-28(26,27)23-12-5-7-24(8-6-12)16(25)4-3-11-9-14(18)15(19)10-13(11)17(20,21)22/h2,9-10,12,23H,1,3-8H2. The maximum Gasteiger partial charge on any atom is 0.416 e. The Bertz CT molecular complexity index is 852. The van der Waals surface area contributed by atoms with Gasteiger partial charge in [0.25, 0.3) is 0 Å². The molecule has 1 saturated heterocycles. The number of alkyl halides is 3. The molecule has 0 aliphatic carbocycles. The number of hydrogen-bond acceptors (Lipinski definition) is 3. The smallest absolute Gasteiger partial charge is 0.343 e. The Morgan fingerprint density at radius 2 is 1.82 bits per heavy atom. The Hall–Kier alpha value is -1.29. The first kappa shape index (κ1) is 23.0. The molecule has 0 bridgehead atoms. The highest BCUT2D eigenvalue weighted by Gasteiger charge is 2.34. The molecule has 1 fully saturated rings. The molecule has 156 valence electrons. The van der Waals surface area contributed by atoms with Gasteiger partial charge in [0.1, 0.15) is 0 Å². The first-order valence-electron chi connectivity index (χ1n) is 8.40. The molecule has 0 atom stereocenters. The van der Waals surface area contributed by atoms with Crippen molar-refractivity contribution in [2.24, 2.45) is 0 Å². The van der Waals surface area contributed by atoms with Gasteiger partial charge in [0.15, 0.2) is 0 Å². The van der Waals surface area contributed by atoms with Gasteiger partial charge >= 0.3 is 6.18 Å². The van der Waals surface area contributed by atoms with Crippen LogP contribution in [0, 0.1) is 0 Å². The molecular formula is C17H19Cl2F3N2O3S. The number of carbonyl (C=O) groups excluding carboxylic acids is 1. The fourth-order valence-electron chi connectivity index (χ4n) is 2.99. The normalized spacial score (nSPS) is 16.2. The van der Waals surface area contributed by atoms with Crippen LogP contribution in [0.25, 0.3) is 0 Å². The van der Waals surface area contributed by atoms with Crippen molar-refractivity contribution in [3.63, 3.8) is 0 Å². The van der Waals surface area contributed by atoms with Crippen molar-refractivity contribution in [3.8, 4) is 0 Å². The Labute approximate surface area is 171 Å². The molecule has 1 heterocycles. The zero-order valence-corrected chi connectivity index (χ0v) is 17.1. The topological polar surface area (TPSA) is 66.5 Å². The molecule has 2 rings (SSSR count). The summed E-state index contributed by atoms with van der Waals surface area (Å²) in [7, 11) is -3.55. The number of sulfonamides is 1. The third-order valence-corrected chi connectivity index (χ3v) is 6.28. The van der Waals surface area contributed by atoms with Crippen molar-refractivity contribution in [2.45, 2.75) is 37.9 Å². The lowest BCUT2D eigenvalue weighted by atomic mass is 10.0. The second-order valence-corrected chi connectivity index (χ2v) is 8.88. The number of carbonyl (C=O) groups is 1. The van der Waals surface area contributed by atoms with E-state index in [-0.39, 0.29) is 40.4 Å². The van der Waals surface area contributed by atoms with Crippen molar-refractivity contribution >= 4 is 39.1 Å².